The predicted molar refractivity (Wildman–Crippen MR) is 86.3 cm³/mol. The molecule has 0 aromatic carbocycles. The van der Waals surface area contributed by atoms with Crippen molar-refractivity contribution >= 4 is 54.0 Å². The predicted octanol–water partition coefficient (Wildman–Crippen LogP) is 5.97. The first kappa shape index (κ1) is 33.3. The Hall–Kier alpha value is 0.708. The molecule has 0 radical (unpaired) electrons. The Bertz CT molecular complexity index is 233. The number of nitrogens with two attached hydrogens (primary N) is 2. The van der Waals surface area contributed by atoms with Gasteiger partial charge in [-0.25, -0.2) is 4.79 Å². The summed E-state index contributed by atoms with van der Waals surface area (Å²) in [5, 5.41) is 16.4. The molecule has 6 nitrogen and oxygen atoms in total. The Morgan fingerprint density at radius 1 is 0.952 bits per heavy atom. The summed E-state index contributed by atoms with van der Waals surface area (Å²) >= 11 is 9.08. The summed E-state index contributed by atoms with van der Waals surface area (Å²) in [5.41, 5.74) is 0. The van der Waals surface area contributed by atoms with Crippen molar-refractivity contribution in [1.29, 1.82) is 0 Å². The standard InChI is InChI=1S/C8H16O2.C2H2Cl2O2.2ClH.2H2N.Pt/c1-3-5-7(6-4-2)8(9)10;3-1(4)2(5)6;;;;;/h7H,3-6H2,1-2H3,(H,9,10);1H,(H,5,6);2*1H;2*1H2;/q;;;;2*-1;+4/p-2. The van der Waals surface area contributed by atoms with Crippen molar-refractivity contribution in [2.24, 2.45) is 5.92 Å². The van der Waals surface area contributed by atoms with E-state index in [2.05, 4.69) is 0 Å². The molecule has 0 aliphatic carbocycles. The Kier molecular flexibility index (Phi) is 40.7. The molecule has 0 saturated carbocycles. The molecule has 134 valence electrons. The molecular formula is C10H22Cl4N2O4Pt. The molecule has 0 atom stereocenters. The third-order valence-corrected chi connectivity index (χ3v) is 2.18. The number of aliphatic carboxylic acids is 2. The molecule has 0 aromatic heterocycles. The zero-order valence-corrected chi connectivity index (χ0v) is 17.0. The maximum atomic E-state index is 10.5. The van der Waals surface area contributed by atoms with E-state index < -0.39 is 33.3 Å². The molecule has 0 heterocycles. The Morgan fingerprint density at radius 2 is 1.19 bits per heavy atom. The van der Waals surface area contributed by atoms with E-state index in [-0.39, 0.29) is 18.2 Å². The molecule has 0 aliphatic heterocycles. The number of rotatable bonds is 6. The first-order chi connectivity index (χ1) is 8.78. The summed E-state index contributed by atoms with van der Waals surface area (Å²) in [6.45, 7) is 4.04. The van der Waals surface area contributed by atoms with Crippen molar-refractivity contribution in [3.8, 4) is 0 Å². The fraction of sp³-hybridized carbons (Fsp3) is 0.800. The normalized spacial score (nSPS) is 8.57. The van der Waals surface area contributed by atoms with Gasteiger partial charge in [-0.2, -0.15) is 0 Å². The fourth-order valence-corrected chi connectivity index (χ4v) is 1.09. The van der Waals surface area contributed by atoms with Crippen molar-refractivity contribution in [1.82, 2.24) is 0 Å². The van der Waals surface area contributed by atoms with Gasteiger partial charge in [-0.15, -0.1) is 0 Å². The summed E-state index contributed by atoms with van der Waals surface area (Å²) < 4.78 is 0. The summed E-state index contributed by atoms with van der Waals surface area (Å²) in [5.74, 6) is -1.95. The van der Waals surface area contributed by atoms with E-state index in [4.69, 9.17) is 52.3 Å². The van der Waals surface area contributed by atoms with Crippen molar-refractivity contribution in [2.75, 3.05) is 0 Å². The smallest absolute Gasteiger partial charge is 0.693 e. The van der Waals surface area contributed by atoms with Crippen molar-refractivity contribution < 1.29 is 36.3 Å². The van der Waals surface area contributed by atoms with Crippen LogP contribution in [-0.2, 0) is 26.1 Å². The van der Waals surface area contributed by atoms with Crippen molar-refractivity contribution in [3.63, 3.8) is 0 Å². The van der Waals surface area contributed by atoms with Crippen LogP contribution in [-0.4, -0.2) is 27.0 Å². The second-order valence-electron chi connectivity index (χ2n) is 3.30. The molecule has 0 aromatic rings. The van der Waals surface area contributed by atoms with E-state index in [1.54, 1.807) is 0 Å². The molecule has 21 heavy (non-hydrogen) atoms. The summed E-state index contributed by atoms with van der Waals surface area (Å²) in [4.78, 5) is 18.6. The first-order valence-electron chi connectivity index (χ1n) is 5.34. The van der Waals surface area contributed by atoms with Gasteiger partial charge in [0.15, 0.2) is 0 Å². The molecule has 0 bridgehead atoms. The average Bonchev–Trinajstić information content (AvgIpc) is 2.30. The van der Waals surface area contributed by atoms with Gasteiger partial charge in [0.1, 0.15) is 0 Å². The Balaban J connectivity index is -0.0000000673. The molecule has 0 unspecified atom stereocenters. The third-order valence-electron chi connectivity index (χ3n) is 1.81. The SMILES string of the molecule is CCCC(CCC)C(=O)O.O=C(O)C(Cl)Cl.[Cl][Pt+2][Cl].[NH2-].[NH2-]. The first-order valence-corrected chi connectivity index (χ1v) is 11.8. The van der Waals surface area contributed by atoms with Gasteiger partial charge in [0.2, 0.25) is 4.84 Å². The van der Waals surface area contributed by atoms with Crippen LogP contribution in [0.25, 0.3) is 12.3 Å². The second kappa shape index (κ2) is 25.7. The van der Waals surface area contributed by atoms with Gasteiger partial charge < -0.3 is 22.5 Å². The van der Waals surface area contributed by atoms with Gasteiger partial charge in [-0.1, -0.05) is 49.9 Å². The topological polar surface area (TPSA) is 142 Å². The molecule has 0 spiro atoms. The zero-order valence-electron chi connectivity index (χ0n) is 11.7. The molecular weight excluding hydrogens is 549 g/mol. The number of carboxylic acids is 2. The molecule has 11 heteroatoms. The average molecular weight is 571 g/mol. The number of carbonyl (C=O) groups is 2. The number of alkyl halides is 2. The number of carboxylic acid groups (broad SMARTS) is 2. The zero-order chi connectivity index (χ0) is 15.8. The molecule has 0 fully saturated rings. The van der Waals surface area contributed by atoms with Crippen LogP contribution >= 0.6 is 42.0 Å². The van der Waals surface area contributed by atoms with Gasteiger partial charge in [0.25, 0.3) is 0 Å². The molecule has 6 N–H and O–H groups in total. The van der Waals surface area contributed by atoms with Crippen LogP contribution in [0.5, 0.6) is 0 Å². The monoisotopic (exact) mass is 569 g/mol. The van der Waals surface area contributed by atoms with Gasteiger partial charge in [-0.3, -0.25) is 4.79 Å². The van der Waals surface area contributed by atoms with E-state index in [0.717, 1.165) is 25.7 Å². The minimum Gasteiger partial charge on any atom is -0.693 e. The fourth-order valence-electron chi connectivity index (χ4n) is 1.09. The van der Waals surface area contributed by atoms with E-state index in [1.165, 1.54) is 0 Å². The van der Waals surface area contributed by atoms with Gasteiger partial charge in [0, 0.05) is 0 Å². The van der Waals surface area contributed by atoms with Crippen LogP contribution < -0.4 is 0 Å². The summed E-state index contributed by atoms with van der Waals surface area (Å²) in [7, 11) is 9.75. The maximum Gasteiger partial charge on any atom is -0.693 e. The van der Waals surface area contributed by atoms with Gasteiger partial charge in [-0.05, 0) is 12.8 Å². The molecule has 0 aliphatic rings. The van der Waals surface area contributed by atoms with Crippen LogP contribution in [0.15, 0.2) is 0 Å². The van der Waals surface area contributed by atoms with Crippen molar-refractivity contribution in [3.05, 3.63) is 12.3 Å². The van der Waals surface area contributed by atoms with Gasteiger partial charge in [0.05, 0.1) is 5.92 Å². The van der Waals surface area contributed by atoms with E-state index in [9.17, 15) is 9.59 Å². The Labute approximate surface area is 152 Å². The minimum atomic E-state index is -1.29. The van der Waals surface area contributed by atoms with E-state index >= 15 is 0 Å². The Morgan fingerprint density at radius 3 is 1.29 bits per heavy atom. The quantitative estimate of drug-likeness (QED) is 0.379. The second-order valence-corrected chi connectivity index (χ2v) is 7.68. The molecule has 0 amide bonds. The van der Waals surface area contributed by atoms with Crippen LogP contribution in [0.3, 0.4) is 0 Å². The number of halogens is 4. The molecule has 0 saturated heterocycles. The summed E-state index contributed by atoms with van der Waals surface area (Å²) in [6, 6.07) is 0. The van der Waals surface area contributed by atoms with E-state index in [1.807, 2.05) is 13.8 Å². The van der Waals surface area contributed by atoms with Crippen LogP contribution in [0.4, 0.5) is 0 Å². The summed E-state index contributed by atoms with van der Waals surface area (Å²) in [6.07, 6.45) is 3.58. The number of hydrogen-bond acceptors (Lipinski definition) is 2. The maximum absolute atomic E-state index is 10.5. The van der Waals surface area contributed by atoms with E-state index in [0.29, 0.717) is 0 Å². The van der Waals surface area contributed by atoms with Crippen molar-refractivity contribution in [2.45, 2.75) is 44.4 Å². The van der Waals surface area contributed by atoms with Gasteiger partial charge >= 0.3 is 47.3 Å². The van der Waals surface area contributed by atoms with Crippen LogP contribution in [0, 0.1) is 5.92 Å². The van der Waals surface area contributed by atoms with Crippen LogP contribution in [0.1, 0.15) is 39.5 Å². The molecule has 0 rings (SSSR count). The minimum absolute atomic E-state index is 0. The largest absolute Gasteiger partial charge is 0.693 e. The third kappa shape index (κ3) is 33.5. The van der Waals surface area contributed by atoms with Crippen LogP contribution in [0.2, 0.25) is 0 Å². The number of hydrogen-bond donors (Lipinski definition) is 2.